The number of carboxylic acids is 1. The minimum atomic E-state index is -0.781. The van der Waals surface area contributed by atoms with Crippen molar-refractivity contribution in [2.45, 2.75) is 71.1 Å². The van der Waals surface area contributed by atoms with Crippen LogP contribution in [0.15, 0.2) is 18.2 Å². The number of rotatable bonds is 4. The quantitative estimate of drug-likeness (QED) is 0.808. The number of carboxylic acid groups (broad SMARTS) is 1. The SMILES string of the molecule is CC(=O)OC[C@]1(C)CCC[C@]2(C)c3ccc(C(C)C(=O)O)cc3CC[C@@H]12. The molecule has 4 atom stereocenters. The summed E-state index contributed by atoms with van der Waals surface area (Å²) in [5.41, 5.74) is 3.61. The van der Waals surface area contributed by atoms with Crippen molar-refractivity contribution < 1.29 is 19.4 Å². The molecule has 26 heavy (non-hydrogen) atoms. The highest BCUT2D eigenvalue weighted by Gasteiger charge is 2.52. The lowest BCUT2D eigenvalue weighted by Gasteiger charge is -2.55. The molecular formula is C22H30O4. The van der Waals surface area contributed by atoms with Crippen molar-refractivity contribution in [3.05, 3.63) is 34.9 Å². The summed E-state index contributed by atoms with van der Waals surface area (Å²) in [6.45, 7) is 8.33. The molecule has 2 aliphatic rings. The van der Waals surface area contributed by atoms with Crippen LogP contribution in [0.4, 0.5) is 0 Å². The number of ether oxygens (including phenoxy) is 1. The summed E-state index contributed by atoms with van der Waals surface area (Å²) >= 11 is 0. The maximum Gasteiger partial charge on any atom is 0.310 e. The molecule has 0 saturated heterocycles. The highest BCUT2D eigenvalue weighted by Crippen LogP contribution is 2.57. The van der Waals surface area contributed by atoms with Crippen molar-refractivity contribution in [1.82, 2.24) is 0 Å². The summed E-state index contributed by atoms with van der Waals surface area (Å²) < 4.78 is 5.44. The van der Waals surface area contributed by atoms with Crippen LogP contribution >= 0.6 is 0 Å². The zero-order chi connectivity index (χ0) is 19.1. The molecule has 0 radical (unpaired) electrons. The minimum Gasteiger partial charge on any atom is -0.481 e. The van der Waals surface area contributed by atoms with E-state index < -0.39 is 11.9 Å². The van der Waals surface area contributed by atoms with Gasteiger partial charge in [-0.05, 0) is 60.6 Å². The van der Waals surface area contributed by atoms with Crippen LogP contribution in [0.5, 0.6) is 0 Å². The number of benzene rings is 1. The fraction of sp³-hybridized carbons (Fsp3) is 0.636. The third-order valence-corrected chi connectivity index (χ3v) is 6.98. The monoisotopic (exact) mass is 358 g/mol. The Labute approximate surface area is 155 Å². The summed E-state index contributed by atoms with van der Waals surface area (Å²) in [7, 11) is 0. The largest absolute Gasteiger partial charge is 0.481 e. The molecule has 0 spiro atoms. The lowest BCUT2D eigenvalue weighted by Crippen LogP contribution is -2.51. The fourth-order valence-corrected chi connectivity index (χ4v) is 5.50. The van der Waals surface area contributed by atoms with Crippen LogP contribution in [0.25, 0.3) is 0 Å². The lowest BCUT2D eigenvalue weighted by atomic mass is 9.50. The van der Waals surface area contributed by atoms with Gasteiger partial charge in [-0.15, -0.1) is 0 Å². The average molecular weight is 358 g/mol. The average Bonchev–Trinajstić information content (AvgIpc) is 2.58. The zero-order valence-electron chi connectivity index (χ0n) is 16.3. The summed E-state index contributed by atoms with van der Waals surface area (Å²) in [4.78, 5) is 22.7. The van der Waals surface area contributed by atoms with Crippen molar-refractivity contribution in [2.75, 3.05) is 6.61 Å². The molecule has 0 heterocycles. The Balaban J connectivity index is 1.95. The highest BCUT2D eigenvalue weighted by molar-refractivity contribution is 5.75. The molecule has 1 N–H and O–H groups in total. The van der Waals surface area contributed by atoms with Gasteiger partial charge in [0.1, 0.15) is 0 Å². The standard InChI is InChI=1S/C22H30O4/c1-14(20(24)25)16-6-8-18-17(12-16)7-9-19-21(3,13-26-15(2)23)10-5-11-22(18,19)4/h6,8,12,14,19H,5,7,9-11,13H2,1-4H3,(H,24,25)/t14?,19-,21-,22+/m0/s1. The van der Waals surface area contributed by atoms with Gasteiger partial charge in [-0.1, -0.05) is 38.5 Å². The van der Waals surface area contributed by atoms with E-state index in [0.717, 1.165) is 37.7 Å². The number of carbonyl (C=O) groups is 2. The molecule has 3 rings (SSSR count). The van der Waals surface area contributed by atoms with Gasteiger partial charge >= 0.3 is 11.9 Å². The Kier molecular flexibility index (Phi) is 4.89. The van der Waals surface area contributed by atoms with Crippen LogP contribution in [0.1, 0.15) is 76.0 Å². The Bertz CT molecular complexity index is 725. The zero-order valence-corrected chi connectivity index (χ0v) is 16.3. The van der Waals surface area contributed by atoms with Gasteiger partial charge in [0.05, 0.1) is 12.5 Å². The highest BCUT2D eigenvalue weighted by atomic mass is 16.5. The molecule has 0 aromatic heterocycles. The molecule has 1 saturated carbocycles. The van der Waals surface area contributed by atoms with E-state index in [0.29, 0.717) is 12.5 Å². The molecular weight excluding hydrogens is 328 g/mol. The molecule has 1 fully saturated rings. The fourth-order valence-electron chi connectivity index (χ4n) is 5.50. The van der Waals surface area contributed by atoms with Crippen LogP contribution in [-0.2, 0) is 26.2 Å². The first-order chi connectivity index (χ1) is 12.2. The Morgan fingerprint density at radius 3 is 2.69 bits per heavy atom. The Morgan fingerprint density at radius 1 is 1.31 bits per heavy atom. The Morgan fingerprint density at radius 2 is 2.04 bits per heavy atom. The maximum absolute atomic E-state index is 11.4. The van der Waals surface area contributed by atoms with E-state index in [-0.39, 0.29) is 16.8 Å². The molecule has 1 aromatic rings. The van der Waals surface area contributed by atoms with E-state index in [4.69, 9.17) is 4.74 Å². The topological polar surface area (TPSA) is 63.6 Å². The van der Waals surface area contributed by atoms with Crippen molar-refractivity contribution in [3.8, 4) is 0 Å². The number of hydrogen-bond donors (Lipinski definition) is 1. The van der Waals surface area contributed by atoms with Crippen molar-refractivity contribution in [2.24, 2.45) is 11.3 Å². The van der Waals surface area contributed by atoms with Gasteiger partial charge in [-0.25, -0.2) is 0 Å². The molecule has 1 aromatic carbocycles. The summed E-state index contributed by atoms with van der Waals surface area (Å²) in [6.07, 6.45) is 5.37. The van der Waals surface area contributed by atoms with Crippen LogP contribution < -0.4 is 0 Å². The first kappa shape index (κ1) is 18.9. The first-order valence-electron chi connectivity index (χ1n) is 9.67. The van der Waals surface area contributed by atoms with E-state index >= 15 is 0 Å². The van der Waals surface area contributed by atoms with Gasteiger partial charge in [0, 0.05) is 12.3 Å². The molecule has 4 nitrogen and oxygen atoms in total. The second kappa shape index (κ2) is 6.71. The Hall–Kier alpha value is -1.84. The molecule has 142 valence electrons. The number of carbonyl (C=O) groups excluding carboxylic acids is 1. The predicted octanol–water partition coefficient (Wildman–Crippen LogP) is 4.45. The molecule has 1 unspecified atom stereocenters. The van der Waals surface area contributed by atoms with Gasteiger partial charge in [0.25, 0.3) is 0 Å². The second-order valence-electron chi connectivity index (χ2n) is 8.77. The van der Waals surface area contributed by atoms with Gasteiger partial charge in [0.15, 0.2) is 0 Å². The van der Waals surface area contributed by atoms with Gasteiger partial charge < -0.3 is 9.84 Å². The molecule has 0 aliphatic heterocycles. The molecule has 0 amide bonds. The summed E-state index contributed by atoms with van der Waals surface area (Å²) in [5, 5.41) is 9.31. The van der Waals surface area contributed by atoms with E-state index in [2.05, 4.69) is 26.0 Å². The third kappa shape index (κ3) is 3.15. The van der Waals surface area contributed by atoms with Gasteiger partial charge in [-0.2, -0.15) is 0 Å². The van der Waals surface area contributed by atoms with Gasteiger partial charge in [-0.3, -0.25) is 9.59 Å². The second-order valence-corrected chi connectivity index (χ2v) is 8.77. The molecule has 4 heteroatoms. The number of aryl methyl sites for hydroxylation is 1. The van der Waals surface area contributed by atoms with Gasteiger partial charge in [0.2, 0.25) is 0 Å². The van der Waals surface area contributed by atoms with E-state index in [9.17, 15) is 14.7 Å². The minimum absolute atomic E-state index is 0.00336. The first-order valence-corrected chi connectivity index (χ1v) is 9.67. The summed E-state index contributed by atoms with van der Waals surface area (Å²) in [5.74, 6) is -0.997. The van der Waals surface area contributed by atoms with E-state index in [1.807, 2.05) is 6.07 Å². The summed E-state index contributed by atoms with van der Waals surface area (Å²) in [6, 6.07) is 6.25. The van der Waals surface area contributed by atoms with Crippen LogP contribution in [0.3, 0.4) is 0 Å². The van der Waals surface area contributed by atoms with Crippen LogP contribution in [-0.4, -0.2) is 23.7 Å². The van der Waals surface area contributed by atoms with E-state index in [1.54, 1.807) is 6.92 Å². The molecule has 2 aliphatic carbocycles. The lowest BCUT2D eigenvalue weighted by molar-refractivity contribution is -0.148. The van der Waals surface area contributed by atoms with Crippen molar-refractivity contribution in [1.29, 1.82) is 0 Å². The number of aliphatic carboxylic acids is 1. The van der Waals surface area contributed by atoms with Crippen molar-refractivity contribution in [3.63, 3.8) is 0 Å². The third-order valence-electron chi connectivity index (χ3n) is 6.98. The normalized spacial score (nSPS) is 31.5. The molecule has 0 bridgehead atoms. The number of fused-ring (bicyclic) bond motifs is 3. The predicted molar refractivity (Wildman–Crippen MR) is 100 cm³/mol. The number of esters is 1. The number of hydrogen-bond acceptors (Lipinski definition) is 3. The van der Waals surface area contributed by atoms with Crippen LogP contribution in [0, 0.1) is 11.3 Å². The van der Waals surface area contributed by atoms with Crippen molar-refractivity contribution >= 4 is 11.9 Å². The maximum atomic E-state index is 11.4. The van der Waals surface area contributed by atoms with E-state index in [1.165, 1.54) is 18.1 Å². The smallest absolute Gasteiger partial charge is 0.310 e. The van der Waals surface area contributed by atoms with Crippen LogP contribution in [0.2, 0.25) is 0 Å².